The Morgan fingerprint density at radius 3 is 2.67 bits per heavy atom. The molecule has 0 bridgehead atoms. The van der Waals surface area contributed by atoms with Crippen LogP contribution in [0, 0.1) is 11.6 Å². The molecular formula is C13H8ClF2N5. The van der Waals surface area contributed by atoms with Crippen LogP contribution in [-0.2, 0) is 0 Å². The van der Waals surface area contributed by atoms with Crippen molar-refractivity contribution >= 4 is 17.3 Å². The lowest BCUT2D eigenvalue weighted by molar-refractivity contribution is 0.572. The highest BCUT2D eigenvalue weighted by Gasteiger charge is 2.18. The molecular weight excluding hydrogens is 300 g/mol. The van der Waals surface area contributed by atoms with Crippen LogP contribution in [0.1, 0.15) is 0 Å². The van der Waals surface area contributed by atoms with E-state index in [4.69, 9.17) is 17.3 Å². The molecule has 2 N–H and O–H groups in total. The zero-order valence-electron chi connectivity index (χ0n) is 10.5. The lowest BCUT2D eigenvalue weighted by Crippen LogP contribution is -2.04. The molecule has 0 aliphatic heterocycles. The number of rotatable bonds is 2. The topological polar surface area (TPSA) is 69.6 Å². The summed E-state index contributed by atoms with van der Waals surface area (Å²) in [5, 5.41) is 10.9. The maximum Gasteiger partial charge on any atom is 0.187 e. The second-order valence-corrected chi connectivity index (χ2v) is 4.67. The molecule has 2 aromatic carbocycles. The van der Waals surface area contributed by atoms with Gasteiger partial charge in [-0.15, -0.1) is 5.10 Å². The fourth-order valence-corrected chi connectivity index (χ4v) is 2.21. The molecule has 0 aliphatic rings. The van der Waals surface area contributed by atoms with E-state index in [-0.39, 0.29) is 16.5 Å². The summed E-state index contributed by atoms with van der Waals surface area (Å²) in [6, 6.07) is 8.47. The van der Waals surface area contributed by atoms with Gasteiger partial charge in [-0.2, -0.15) is 4.68 Å². The summed E-state index contributed by atoms with van der Waals surface area (Å²) in [5.74, 6) is -1.40. The maximum absolute atomic E-state index is 14.0. The lowest BCUT2D eigenvalue weighted by Gasteiger charge is -2.08. The molecule has 0 radical (unpaired) electrons. The quantitative estimate of drug-likeness (QED) is 0.739. The molecule has 0 aliphatic carbocycles. The van der Waals surface area contributed by atoms with E-state index in [9.17, 15) is 8.78 Å². The molecule has 3 rings (SSSR count). The van der Waals surface area contributed by atoms with Crippen LogP contribution in [0.3, 0.4) is 0 Å². The monoisotopic (exact) mass is 307 g/mol. The second-order valence-electron chi connectivity index (χ2n) is 4.26. The van der Waals surface area contributed by atoms with Gasteiger partial charge in [0.05, 0.1) is 5.02 Å². The maximum atomic E-state index is 14.0. The van der Waals surface area contributed by atoms with Crippen molar-refractivity contribution in [3.05, 3.63) is 53.1 Å². The number of nitrogen functional groups attached to an aromatic ring is 1. The molecule has 1 heterocycles. The first-order valence-corrected chi connectivity index (χ1v) is 6.23. The molecule has 0 unspecified atom stereocenters. The van der Waals surface area contributed by atoms with E-state index in [0.717, 1.165) is 10.7 Å². The Morgan fingerprint density at radius 2 is 1.95 bits per heavy atom. The molecule has 0 amide bonds. The Bertz CT molecular complexity index is 795. The van der Waals surface area contributed by atoms with Crippen LogP contribution < -0.4 is 5.73 Å². The number of tetrazole rings is 1. The normalized spacial score (nSPS) is 10.8. The molecule has 106 valence electrons. The summed E-state index contributed by atoms with van der Waals surface area (Å²) in [4.78, 5) is 0. The van der Waals surface area contributed by atoms with E-state index in [1.54, 1.807) is 24.3 Å². The average Bonchev–Trinajstić information content (AvgIpc) is 2.86. The van der Waals surface area contributed by atoms with Crippen molar-refractivity contribution in [1.82, 2.24) is 20.2 Å². The van der Waals surface area contributed by atoms with Crippen LogP contribution in [0.5, 0.6) is 0 Å². The van der Waals surface area contributed by atoms with Gasteiger partial charge >= 0.3 is 0 Å². The lowest BCUT2D eigenvalue weighted by atomic mass is 10.2. The zero-order chi connectivity index (χ0) is 15.0. The minimum absolute atomic E-state index is 0.125. The van der Waals surface area contributed by atoms with E-state index in [0.29, 0.717) is 17.3 Å². The van der Waals surface area contributed by atoms with Crippen LogP contribution in [0.2, 0.25) is 5.02 Å². The first kappa shape index (κ1) is 13.4. The van der Waals surface area contributed by atoms with Gasteiger partial charge in [0.15, 0.2) is 11.6 Å². The Hall–Kier alpha value is -2.54. The molecule has 0 fully saturated rings. The number of benzene rings is 2. The van der Waals surface area contributed by atoms with Crippen molar-refractivity contribution in [3.63, 3.8) is 0 Å². The number of anilines is 1. The summed E-state index contributed by atoms with van der Waals surface area (Å²) in [7, 11) is 0. The molecule has 0 spiro atoms. The highest BCUT2D eigenvalue weighted by Crippen LogP contribution is 2.28. The Balaban J connectivity index is 2.21. The van der Waals surface area contributed by atoms with Crippen molar-refractivity contribution in [3.8, 4) is 17.1 Å². The van der Waals surface area contributed by atoms with Gasteiger partial charge in [0, 0.05) is 17.3 Å². The van der Waals surface area contributed by atoms with Gasteiger partial charge in [0.25, 0.3) is 0 Å². The number of hydrogen-bond acceptors (Lipinski definition) is 4. The van der Waals surface area contributed by atoms with Crippen molar-refractivity contribution in [2.24, 2.45) is 0 Å². The summed E-state index contributed by atoms with van der Waals surface area (Å²) < 4.78 is 28.2. The van der Waals surface area contributed by atoms with Gasteiger partial charge in [-0.1, -0.05) is 23.7 Å². The highest BCUT2D eigenvalue weighted by atomic mass is 35.5. The smallest absolute Gasteiger partial charge is 0.187 e. The van der Waals surface area contributed by atoms with Crippen molar-refractivity contribution in [2.45, 2.75) is 0 Å². The molecule has 21 heavy (non-hydrogen) atoms. The van der Waals surface area contributed by atoms with Crippen molar-refractivity contribution < 1.29 is 8.78 Å². The minimum atomic E-state index is -0.863. The summed E-state index contributed by atoms with van der Waals surface area (Å²) >= 11 is 5.90. The molecule has 0 atom stereocenters. The molecule has 8 heteroatoms. The third-order valence-corrected chi connectivity index (χ3v) is 3.10. The predicted molar refractivity (Wildman–Crippen MR) is 73.9 cm³/mol. The van der Waals surface area contributed by atoms with Crippen LogP contribution in [0.4, 0.5) is 14.5 Å². The van der Waals surface area contributed by atoms with Crippen LogP contribution in [0.15, 0.2) is 36.4 Å². The van der Waals surface area contributed by atoms with Gasteiger partial charge in [-0.25, -0.2) is 8.78 Å². The van der Waals surface area contributed by atoms with Crippen molar-refractivity contribution in [2.75, 3.05) is 5.73 Å². The third-order valence-electron chi connectivity index (χ3n) is 2.81. The average molecular weight is 308 g/mol. The number of hydrogen-bond donors (Lipinski definition) is 1. The Labute approximate surface area is 123 Å². The Kier molecular flexibility index (Phi) is 3.26. The summed E-state index contributed by atoms with van der Waals surface area (Å²) in [6.45, 7) is 0. The van der Waals surface area contributed by atoms with E-state index < -0.39 is 11.6 Å². The third kappa shape index (κ3) is 2.43. The Morgan fingerprint density at radius 1 is 1.14 bits per heavy atom. The molecule has 1 aromatic heterocycles. The van der Waals surface area contributed by atoms with Crippen LogP contribution in [0.25, 0.3) is 17.1 Å². The second kappa shape index (κ2) is 5.10. The van der Waals surface area contributed by atoms with Gasteiger partial charge in [0.2, 0.25) is 0 Å². The summed E-state index contributed by atoms with van der Waals surface area (Å²) in [6.07, 6.45) is 0. The summed E-state index contributed by atoms with van der Waals surface area (Å²) in [5.41, 5.74) is 6.67. The van der Waals surface area contributed by atoms with E-state index >= 15 is 0 Å². The predicted octanol–water partition coefficient (Wildman–Crippen LogP) is 2.84. The molecule has 0 saturated heterocycles. The standard InChI is InChI=1S/C13H8ClF2N5/c14-10-5-8(15)6-11(16)12(10)21-13(18-19-20-21)7-2-1-3-9(17)4-7/h1-6H,17H2. The van der Waals surface area contributed by atoms with Gasteiger partial charge < -0.3 is 5.73 Å². The fraction of sp³-hybridized carbons (Fsp3) is 0. The zero-order valence-corrected chi connectivity index (χ0v) is 11.2. The van der Waals surface area contributed by atoms with Crippen LogP contribution in [-0.4, -0.2) is 20.2 Å². The van der Waals surface area contributed by atoms with Gasteiger partial charge in [-0.3, -0.25) is 0 Å². The van der Waals surface area contributed by atoms with E-state index in [2.05, 4.69) is 15.5 Å². The number of nitrogens with two attached hydrogens (primary N) is 1. The number of aromatic nitrogens is 4. The first-order chi connectivity index (χ1) is 10.1. The molecule has 0 saturated carbocycles. The van der Waals surface area contributed by atoms with Gasteiger partial charge in [0.1, 0.15) is 11.5 Å². The fourth-order valence-electron chi connectivity index (χ4n) is 1.93. The SMILES string of the molecule is Nc1cccc(-c2nnnn2-c2c(F)cc(F)cc2Cl)c1. The minimum Gasteiger partial charge on any atom is -0.399 e. The van der Waals surface area contributed by atoms with Crippen LogP contribution >= 0.6 is 11.6 Å². The van der Waals surface area contributed by atoms with E-state index in [1.807, 2.05) is 0 Å². The molecule has 3 aromatic rings. The van der Waals surface area contributed by atoms with Gasteiger partial charge in [-0.05, 0) is 28.6 Å². The molecule has 5 nitrogen and oxygen atoms in total. The van der Waals surface area contributed by atoms with E-state index in [1.165, 1.54) is 0 Å². The highest BCUT2D eigenvalue weighted by molar-refractivity contribution is 6.32. The largest absolute Gasteiger partial charge is 0.399 e. The number of halogens is 3. The number of nitrogens with zero attached hydrogens (tertiary/aromatic N) is 4. The first-order valence-electron chi connectivity index (χ1n) is 5.85. The van der Waals surface area contributed by atoms with Crippen molar-refractivity contribution in [1.29, 1.82) is 0 Å².